The SMILES string of the molecule is O=S(=O)(c1c(Cl)cc(Br)cc1Cl)N1CCCC2CNCC21. The van der Waals surface area contributed by atoms with Crippen LogP contribution in [0.1, 0.15) is 12.8 Å². The number of hydrogen-bond donors (Lipinski definition) is 1. The third-order valence-electron chi connectivity index (χ3n) is 4.16. The summed E-state index contributed by atoms with van der Waals surface area (Å²) in [5.41, 5.74) is 0. The fourth-order valence-corrected chi connectivity index (χ4v) is 6.83. The summed E-state index contributed by atoms with van der Waals surface area (Å²) >= 11 is 15.6. The summed E-state index contributed by atoms with van der Waals surface area (Å²) in [5, 5.41) is 3.59. The minimum absolute atomic E-state index is 0.000435. The molecular weight excluding hydrogens is 399 g/mol. The Morgan fingerprint density at radius 1 is 1.24 bits per heavy atom. The van der Waals surface area contributed by atoms with E-state index in [0.717, 1.165) is 19.4 Å². The molecule has 0 amide bonds. The highest BCUT2D eigenvalue weighted by Gasteiger charge is 2.42. The molecular formula is C13H15BrCl2N2O2S. The summed E-state index contributed by atoms with van der Waals surface area (Å²) in [4.78, 5) is 0.0154. The van der Waals surface area contributed by atoms with Gasteiger partial charge < -0.3 is 5.32 Å². The van der Waals surface area contributed by atoms with Gasteiger partial charge in [0.25, 0.3) is 0 Å². The summed E-state index contributed by atoms with van der Waals surface area (Å²) in [6.45, 7) is 2.09. The molecule has 2 atom stereocenters. The number of nitrogens with one attached hydrogen (secondary N) is 1. The largest absolute Gasteiger partial charge is 0.315 e. The zero-order chi connectivity index (χ0) is 15.2. The highest BCUT2D eigenvalue weighted by atomic mass is 79.9. The number of nitrogens with zero attached hydrogens (tertiary/aromatic N) is 1. The number of rotatable bonds is 2. The summed E-state index contributed by atoms with van der Waals surface area (Å²) < 4.78 is 28.2. The van der Waals surface area contributed by atoms with Crippen molar-refractivity contribution in [2.45, 2.75) is 23.8 Å². The first-order valence-corrected chi connectivity index (χ1v) is 9.77. The second kappa shape index (κ2) is 5.98. The highest BCUT2D eigenvalue weighted by molar-refractivity contribution is 9.10. The molecule has 0 spiro atoms. The van der Waals surface area contributed by atoms with E-state index in [-0.39, 0.29) is 21.0 Å². The number of sulfonamides is 1. The van der Waals surface area contributed by atoms with E-state index >= 15 is 0 Å². The van der Waals surface area contributed by atoms with Gasteiger partial charge in [0.15, 0.2) is 0 Å². The standard InChI is InChI=1S/C13H15BrCl2N2O2S/c14-9-4-10(15)13(11(16)5-9)21(19,20)18-3-1-2-8-6-17-7-12(8)18/h4-5,8,12,17H,1-3,6-7H2. The van der Waals surface area contributed by atoms with E-state index in [4.69, 9.17) is 23.2 Å². The van der Waals surface area contributed by atoms with Crippen molar-refractivity contribution in [3.63, 3.8) is 0 Å². The Balaban J connectivity index is 2.04. The van der Waals surface area contributed by atoms with Crippen LogP contribution in [0.3, 0.4) is 0 Å². The number of halogens is 3. The van der Waals surface area contributed by atoms with E-state index in [1.807, 2.05) is 0 Å². The van der Waals surface area contributed by atoms with E-state index in [2.05, 4.69) is 21.2 Å². The Hall–Kier alpha value is 0.150. The van der Waals surface area contributed by atoms with Gasteiger partial charge in [-0.2, -0.15) is 4.31 Å². The normalized spacial score (nSPS) is 26.8. The van der Waals surface area contributed by atoms with Gasteiger partial charge in [-0.3, -0.25) is 0 Å². The summed E-state index contributed by atoms with van der Waals surface area (Å²) in [7, 11) is -3.69. The van der Waals surface area contributed by atoms with Gasteiger partial charge in [-0.15, -0.1) is 0 Å². The molecule has 3 rings (SSSR count). The van der Waals surface area contributed by atoms with Crippen LogP contribution in [-0.2, 0) is 10.0 Å². The lowest BCUT2D eigenvalue weighted by Crippen LogP contribution is -2.48. The predicted molar refractivity (Wildman–Crippen MR) is 87.4 cm³/mol. The molecule has 4 nitrogen and oxygen atoms in total. The first kappa shape index (κ1) is 16.0. The first-order chi connectivity index (χ1) is 9.91. The maximum absolute atomic E-state index is 13.0. The fourth-order valence-electron chi connectivity index (χ4n) is 3.22. The van der Waals surface area contributed by atoms with Crippen LogP contribution in [-0.4, -0.2) is 38.4 Å². The van der Waals surface area contributed by atoms with Crippen LogP contribution >= 0.6 is 39.1 Å². The van der Waals surface area contributed by atoms with Crippen LogP contribution in [0.5, 0.6) is 0 Å². The molecule has 2 unspecified atom stereocenters. The van der Waals surface area contributed by atoms with Gasteiger partial charge >= 0.3 is 0 Å². The third-order valence-corrected chi connectivity index (χ3v) is 7.46. The van der Waals surface area contributed by atoms with Crippen LogP contribution in [0, 0.1) is 5.92 Å². The van der Waals surface area contributed by atoms with E-state index < -0.39 is 10.0 Å². The molecule has 2 heterocycles. The monoisotopic (exact) mass is 412 g/mol. The summed E-state index contributed by atoms with van der Waals surface area (Å²) in [6, 6.07) is 3.13. The number of benzene rings is 1. The molecule has 2 saturated heterocycles. The van der Waals surface area contributed by atoms with Crippen molar-refractivity contribution < 1.29 is 8.42 Å². The number of piperidine rings is 1. The minimum Gasteiger partial charge on any atom is -0.315 e. The van der Waals surface area contributed by atoms with Gasteiger partial charge in [0.2, 0.25) is 10.0 Å². The Morgan fingerprint density at radius 2 is 1.90 bits per heavy atom. The maximum Gasteiger partial charge on any atom is 0.246 e. The highest BCUT2D eigenvalue weighted by Crippen LogP contribution is 2.38. The van der Waals surface area contributed by atoms with E-state index in [1.54, 1.807) is 16.4 Å². The maximum atomic E-state index is 13.0. The molecule has 1 aromatic carbocycles. The van der Waals surface area contributed by atoms with Crippen molar-refractivity contribution in [1.82, 2.24) is 9.62 Å². The molecule has 0 aromatic heterocycles. The number of hydrogen-bond acceptors (Lipinski definition) is 3. The van der Waals surface area contributed by atoms with Crippen LogP contribution in [0.15, 0.2) is 21.5 Å². The Morgan fingerprint density at radius 3 is 2.57 bits per heavy atom. The zero-order valence-corrected chi connectivity index (χ0v) is 15.1. The molecule has 2 fully saturated rings. The molecule has 2 aliphatic rings. The molecule has 1 N–H and O–H groups in total. The van der Waals surface area contributed by atoms with Crippen LogP contribution < -0.4 is 5.32 Å². The minimum atomic E-state index is -3.69. The molecule has 0 aliphatic carbocycles. The van der Waals surface area contributed by atoms with E-state index in [9.17, 15) is 8.42 Å². The Kier molecular flexibility index (Phi) is 4.56. The third kappa shape index (κ3) is 2.86. The number of fused-ring (bicyclic) bond motifs is 1. The van der Waals surface area contributed by atoms with Crippen LogP contribution in [0.25, 0.3) is 0 Å². The van der Waals surface area contributed by atoms with Crippen molar-refractivity contribution >= 4 is 49.2 Å². The predicted octanol–water partition coefficient (Wildman–Crippen LogP) is 3.13. The van der Waals surface area contributed by atoms with Gasteiger partial charge in [-0.05, 0) is 37.4 Å². The van der Waals surface area contributed by atoms with Gasteiger partial charge in [-0.25, -0.2) is 8.42 Å². The molecule has 2 aliphatic heterocycles. The average Bonchev–Trinajstić information content (AvgIpc) is 2.84. The van der Waals surface area contributed by atoms with Crippen molar-refractivity contribution in [2.24, 2.45) is 5.92 Å². The molecule has 8 heteroatoms. The van der Waals surface area contributed by atoms with Crippen LogP contribution in [0.4, 0.5) is 0 Å². The quantitative estimate of drug-likeness (QED) is 0.810. The smallest absolute Gasteiger partial charge is 0.246 e. The van der Waals surface area contributed by atoms with E-state index in [1.165, 1.54) is 0 Å². The fraction of sp³-hybridized carbons (Fsp3) is 0.538. The lowest BCUT2D eigenvalue weighted by atomic mass is 9.94. The first-order valence-electron chi connectivity index (χ1n) is 6.78. The van der Waals surface area contributed by atoms with Crippen molar-refractivity contribution in [1.29, 1.82) is 0 Å². The van der Waals surface area contributed by atoms with Gasteiger partial charge in [0.1, 0.15) is 4.90 Å². The second-order valence-electron chi connectivity index (χ2n) is 5.44. The molecule has 0 bridgehead atoms. The second-order valence-corrected chi connectivity index (χ2v) is 9.00. The molecule has 0 radical (unpaired) electrons. The van der Waals surface area contributed by atoms with Crippen molar-refractivity contribution in [3.8, 4) is 0 Å². The zero-order valence-electron chi connectivity index (χ0n) is 11.2. The summed E-state index contributed by atoms with van der Waals surface area (Å²) in [6.07, 6.45) is 1.93. The van der Waals surface area contributed by atoms with Crippen molar-refractivity contribution in [3.05, 3.63) is 26.7 Å². The summed E-state index contributed by atoms with van der Waals surface area (Å²) in [5.74, 6) is 0.376. The van der Waals surface area contributed by atoms with Gasteiger partial charge in [-0.1, -0.05) is 39.1 Å². The lowest BCUT2D eigenvalue weighted by Gasteiger charge is -2.36. The average molecular weight is 414 g/mol. The molecule has 21 heavy (non-hydrogen) atoms. The Bertz CT molecular complexity index is 645. The van der Waals surface area contributed by atoms with Crippen LogP contribution in [0.2, 0.25) is 10.0 Å². The Labute approximate surface area is 143 Å². The molecule has 1 aromatic rings. The molecule has 0 saturated carbocycles. The van der Waals surface area contributed by atoms with Gasteiger partial charge in [0.05, 0.1) is 10.0 Å². The van der Waals surface area contributed by atoms with Gasteiger partial charge in [0, 0.05) is 23.6 Å². The lowest BCUT2D eigenvalue weighted by molar-refractivity contribution is 0.217. The molecule has 116 valence electrons. The van der Waals surface area contributed by atoms with Crippen molar-refractivity contribution in [2.75, 3.05) is 19.6 Å². The van der Waals surface area contributed by atoms with E-state index in [0.29, 0.717) is 23.5 Å². The topological polar surface area (TPSA) is 49.4 Å².